The van der Waals surface area contributed by atoms with E-state index in [1.54, 1.807) is 11.0 Å². The first kappa shape index (κ1) is 19.7. The minimum absolute atomic E-state index is 0.0751. The molecule has 3 aromatic rings. The normalized spacial score (nSPS) is 15.7. The molecule has 4 rings (SSSR count). The molecule has 0 radical (unpaired) electrons. The standard InChI is InChI=1S/C25H24N2O3/c28-23-18-30-22-14-8-7-13-21(22)24(25(29)26-17-20-11-5-2-6-12-20)27(23)16-15-19-9-3-1-4-10-19/h1-14,24H,15-18H2,(H,26,29). The number of carbonyl (C=O) groups is 2. The summed E-state index contributed by atoms with van der Waals surface area (Å²) < 4.78 is 5.71. The fraction of sp³-hybridized carbons (Fsp3) is 0.200. The first-order chi connectivity index (χ1) is 14.7. The van der Waals surface area contributed by atoms with Crippen molar-refractivity contribution in [2.24, 2.45) is 0 Å². The second-order valence-corrected chi connectivity index (χ2v) is 7.26. The average molecular weight is 400 g/mol. The van der Waals surface area contributed by atoms with E-state index in [4.69, 9.17) is 4.74 Å². The third-order valence-electron chi connectivity index (χ3n) is 5.24. The third kappa shape index (κ3) is 4.51. The largest absolute Gasteiger partial charge is 0.483 e. The molecular formula is C25H24N2O3. The van der Waals surface area contributed by atoms with Gasteiger partial charge in [0.05, 0.1) is 0 Å². The highest BCUT2D eigenvalue weighted by atomic mass is 16.5. The summed E-state index contributed by atoms with van der Waals surface area (Å²) in [6.45, 7) is 0.762. The van der Waals surface area contributed by atoms with Crippen LogP contribution in [-0.2, 0) is 22.6 Å². The second-order valence-electron chi connectivity index (χ2n) is 7.26. The van der Waals surface area contributed by atoms with E-state index in [9.17, 15) is 9.59 Å². The van der Waals surface area contributed by atoms with Crippen LogP contribution in [0.3, 0.4) is 0 Å². The first-order valence-electron chi connectivity index (χ1n) is 10.1. The van der Waals surface area contributed by atoms with Crippen molar-refractivity contribution in [2.45, 2.75) is 19.0 Å². The lowest BCUT2D eigenvalue weighted by Crippen LogP contribution is -2.44. The van der Waals surface area contributed by atoms with Crippen LogP contribution in [0.2, 0.25) is 0 Å². The zero-order valence-electron chi connectivity index (χ0n) is 16.7. The van der Waals surface area contributed by atoms with E-state index in [1.165, 1.54) is 0 Å². The van der Waals surface area contributed by atoms with Crippen LogP contribution in [-0.4, -0.2) is 29.9 Å². The molecule has 2 amide bonds. The Bertz CT molecular complexity index is 1010. The molecule has 0 saturated carbocycles. The van der Waals surface area contributed by atoms with Crippen molar-refractivity contribution in [1.82, 2.24) is 10.2 Å². The minimum atomic E-state index is -0.733. The highest BCUT2D eigenvalue weighted by molar-refractivity contribution is 5.90. The Morgan fingerprint density at radius 1 is 0.900 bits per heavy atom. The van der Waals surface area contributed by atoms with E-state index in [0.29, 0.717) is 30.8 Å². The van der Waals surface area contributed by atoms with Gasteiger partial charge in [-0.15, -0.1) is 0 Å². The Morgan fingerprint density at radius 2 is 1.53 bits per heavy atom. The van der Waals surface area contributed by atoms with Crippen LogP contribution in [0.25, 0.3) is 0 Å². The highest BCUT2D eigenvalue weighted by Gasteiger charge is 2.35. The van der Waals surface area contributed by atoms with Gasteiger partial charge in [-0.25, -0.2) is 0 Å². The fourth-order valence-electron chi connectivity index (χ4n) is 3.68. The number of carbonyl (C=O) groups excluding carboxylic acids is 2. The Morgan fingerprint density at radius 3 is 2.27 bits per heavy atom. The number of fused-ring (bicyclic) bond motifs is 1. The first-order valence-corrected chi connectivity index (χ1v) is 10.1. The summed E-state index contributed by atoms with van der Waals surface area (Å²) in [5.41, 5.74) is 2.83. The summed E-state index contributed by atoms with van der Waals surface area (Å²) in [5, 5.41) is 3.00. The molecule has 152 valence electrons. The van der Waals surface area contributed by atoms with Crippen molar-refractivity contribution in [1.29, 1.82) is 0 Å². The average Bonchev–Trinajstić information content (AvgIpc) is 2.94. The second kappa shape index (κ2) is 9.27. The van der Waals surface area contributed by atoms with Crippen molar-refractivity contribution in [3.8, 4) is 5.75 Å². The summed E-state index contributed by atoms with van der Waals surface area (Å²) in [5.74, 6) is 0.174. The molecule has 1 unspecified atom stereocenters. The van der Waals surface area contributed by atoms with Gasteiger partial charge in [-0.05, 0) is 23.6 Å². The van der Waals surface area contributed by atoms with Crippen LogP contribution < -0.4 is 10.1 Å². The molecule has 30 heavy (non-hydrogen) atoms. The number of nitrogens with one attached hydrogen (secondary N) is 1. The molecule has 5 nitrogen and oxygen atoms in total. The van der Waals surface area contributed by atoms with E-state index >= 15 is 0 Å². The van der Waals surface area contributed by atoms with E-state index in [-0.39, 0.29) is 18.4 Å². The van der Waals surface area contributed by atoms with Gasteiger partial charge in [-0.3, -0.25) is 9.59 Å². The number of para-hydroxylation sites is 1. The smallest absolute Gasteiger partial charge is 0.261 e. The predicted octanol–water partition coefficient (Wildman–Crippen LogP) is 3.51. The molecule has 1 N–H and O–H groups in total. The zero-order valence-corrected chi connectivity index (χ0v) is 16.7. The minimum Gasteiger partial charge on any atom is -0.483 e. The van der Waals surface area contributed by atoms with Crippen LogP contribution in [0.4, 0.5) is 0 Å². The SMILES string of the molecule is O=C(NCc1ccccc1)C1c2ccccc2OCC(=O)N1CCc1ccccc1. The van der Waals surface area contributed by atoms with Gasteiger partial charge in [0.2, 0.25) is 5.91 Å². The molecule has 0 spiro atoms. The molecule has 1 aliphatic rings. The number of ether oxygens (including phenoxy) is 1. The lowest BCUT2D eigenvalue weighted by Gasteiger charge is -2.29. The highest BCUT2D eigenvalue weighted by Crippen LogP contribution is 2.32. The molecule has 0 saturated heterocycles. The number of benzene rings is 3. The van der Waals surface area contributed by atoms with E-state index in [0.717, 1.165) is 11.1 Å². The molecule has 3 aromatic carbocycles. The Balaban J connectivity index is 1.59. The summed E-state index contributed by atoms with van der Waals surface area (Å²) in [4.78, 5) is 27.8. The van der Waals surface area contributed by atoms with Gasteiger partial charge in [0.15, 0.2) is 6.61 Å². The van der Waals surface area contributed by atoms with E-state index in [1.807, 2.05) is 78.9 Å². The maximum Gasteiger partial charge on any atom is 0.261 e. The van der Waals surface area contributed by atoms with Crippen molar-refractivity contribution < 1.29 is 14.3 Å². The van der Waals surface area contributed by atoms with Crippen molar-refractivity contribution in [3.05, 3.63) is 102 Å². The number of hydrogen-bond donors (Lipinski definition) is 1. The lowest BCUT2D eigenvalue weighted by molar-refractivity contribution is -0.141. The van der Waals surface area contributed by atoms with Crippen LogP contribution in [0, 0.1) is 0 Å². The summed E-state index contributed by atoms with van der Waals surface area (Å²) >= 11 is 0. The van der Waals surface area contributed by atoms with Crippen LogP contribution in [0.15, 0.2) is 84.9 Å². The summed E-state index contributed by atoms with van der Waals surface area (Å²) in [6, 6.07) is 26.3. The maximum atomic E-state index is 13.3. The van der Waals surface area contributed by atoms with Crippen LogP contribution in [0.5, 0.6) is 5.75 Å². The maximum absolute atomic E-state index is 13.3. The predicted molar refractivity (Wildman–Crippen MR) is 115 cm³/mol. The topological polar surface area (TPSA) is 58.6 Å². The number of rotatable bonds is 6. The molecule has 1 aliphatic heterocycles. The van der Waals surface area contributed by atoms with Crippen molar-refractivity contribution in [2.75, 3.05) is 13.2 Å². The number of amides is 2. The van der Waals surface area contributed by atoms with Gasteiger partial charge in [0.1, 0.15) is 11.8 Å². The molecule has 5 heteroatoms. The van der Waals surface area contributed by atoms with E-state index in [2.05, 4.69) is 5.32 Å². The van der Waals surface area contributed by atoms with Crippen LogP contribution >= 0.6 is 0 Å². The molecule has 0 aliphatic carbocycles. The molecule has 1 atom stereocenters. The Labute approximate surface area is 176 Å². The zero-order chi connectivity index (χ0) is 20.8. The summed E-state index contributed by atoms with van der Waals surface area (Å²) in [6.07, 6.45) is 0.664. The lowest BCUT2D eigenvalue weighted by atomic mass is 10.0. The fourth-order valence-corrected chi connectivity index (χ4v) is 3.68. The molecule has 1 heterocycles. The van der Waals surface area contributed by atoms with Crippen molar-refractivity contribution in [3.63, 3.8) is 0 Å². The molecular weight excluding hydrogens is 376 g/mol. The Hall–Kier alpha value is -3.60. The quantitative estimate of drug-likeness (QED) is 0.689. The summed E-state index contributed by atoms with van der Waals surface area (Å²) in [7, 11) is 0. The van der Waals surface area contributed by atoms with Gasteiger partial charge in [-0.1, -0.05) is 78.9 Å². The van der Waals surface area contributed by atoms with Gasteiger partial charge >= 0.3 is 0 Å². The molecule has 0 aromatic heterocycles. The Kier molecular flexibility index (Phi) is 6.09. The van der Waals surface area contributed by atoms with Gasteiger partial charge in [-0.2, -0.15) is 0 Å². The monoisotopic (exact) mass is 400 g/mol. The molecule has 0 fully saturated rings. The van der Waals surface area contributed by atoms with Crippen molar-refractivity contribution >= 4 is 11.8 Å². The van der Waals surface area contributed by atoms with Crippen LogP contribution in [0.1, 0.15) is 22.7 Å². The van der Waals surface area contributed by atoms with E-state index < -0.39 is 6.04 Å². The van der Waals surface area contributed by atoms with Gasteiger partial charge in [0, 0.05) is 18.7 Å². The van der Waals surface area contributed by atoms with Gasteiger partial charge in [0.25, 0.3) is 5.91 Å². The number of nitrogens with zero attached hydrogens (tertiary/aromatic N) is 1. The third-order valence-corrected chi connectivity index (χ3v) is 5.24. The van der Waals surface area contributed by atoms with Gasteiger partial charge < -0.3 is 15.0 Å². The molecule has 0 bridgehead atoms. The number of hydrogen-bond acceptors (Lipinski definition) is 3.